The van der Waals surface area contributed by atoms with Crippen molar-refractivity contribution in [2.75, 3.05) is 18.5 Å². The maximum Gasteiger partial charge on any atom is 0.310 e. The first-order valence-electron chi connectivity index (χ1n) is 9.77. The Kier molecular flexibility index (Phi) is 7.04. The van der Waals surface area contributed by atoms with Crippen LogP contribution >= 0.6 is 11.6 Å². The lowest BCUT2D eigenvalue weighted by atomic mass is 10.1. The number of carbonyl (C=O) groups is 1. The van der Waals surface area contributed by atoms with Crippen molar-refractivity contribution < 1.29 is 18.7 Å². The zero-order valence-corrected chi connectivity index (χ0v) is 17.7. The molecule has 5 nitrogen and oxygen atoms in total. The van der Waals surface area contributed by atoms with Gasteiger partial charge in [-0.25, -0.2) is 0 Å². The topological polar surface area (TPSA) is 60.7 Å². The van der Waals surface area contributed by atoms with Crippen molar-refractivity contribution >= 4 is 34.2 Å². The Bertz CT molecular complexity index is 980. The number of anilines is 1. The quantitative estimate of drug-likeness (QED) is 0.445. The van der Waals surface area contributed by atoms with E-state index in [2.05, 4.69) is 19.2 Å². The third-order valence-electron chi connectivity index (χ3n) is 4.42. The highest BCUT2D eigenvalue weighted by Gasteiger charge is 2.14. The monoisotopic (exact) mass is 415 g/mol. The summed E-state index contributed by atoms with van der Waals surface area (Å²) in [5, 5.41) is 4.93. The number of hydrogen-bond donors (Lipinski definition) is 1. The molecule has 0 spiro atoms. The molecule has 154 valence electrons. The van der Waals surface area contributed by atoms with Gasteiger partial charge in [-0.05, 0) is 31.0 Å². The highest BCUT2D eigenvalue weighted by molar-refractivity contribution is 6.31. The second kappa shape index (κ2) is 9.70. The molecule has 0 radical (unpaired) electrons. The lowest BCUT2D eigenvalue weighted by molar-refractivity contribution is -0.142. The van der Waals surface area contributed by atoms with Gasteiger partial charge in [-0.1, -0.05) is 43.6 Å². The van der Waals surface area contributed by atoms with Crippen LogP contribution in [-0.4, -0.2) is 19.1 Å². The van der Waals surface area contributed by atoms with Gasteiger partial charge in [-0.3, -0.25) is 4.79 Å². The van der Waals surface area contributed by atoms with E-state index in [9.17, 15) is 4.79 Å². The van der Waals surface area contributed by atoms with E-state index >= 15 is 0 Å². The predicted octanol–water partition coefficient (Wildman–Crippen LogP) is 5.84. The molecule has 0 atom stereocenters. The lowest BCUT2D eigenvalue weighted by Crippen LogP contribution is -2.09. The molecule has 0 bridgehead atoms. The first-order valence-corrected chi connectivity index (χ1v) is 10.2. The third-order valence-corrected chi connectivity index (χ3v) is 4.63. The molecular weight excluding hydrogens is 390 g/mol. The van der Waals surface area contributed by atoms with Gasteiger partial charge in [0, 0.05) is 28.1 Å². The van der Waals surface area contributed by atoms with Crippen LogP contribution in [0.5, 0.6) is 5.75 Å². The highest BCUT2D eigenvalue weighted by Crippen LogP contribution is 2.33. The van der Waals surface area contributed by atoms with Gasteiger partial charge in [-0.15, -0.1) is 0 Å². The normalized spacial score (nSPS) is 11.1. The number of benzene rings is 2. The number of rotatable bonds is 9. The molecule has 1 N–H and O–H groups in total. The summed E-state index contributed by atoms with van der Waals surface area (Å²) >= 11 is 6.32. The molecule has 0 aliphatic rings. The highest BCUT2D eigenvalue weighted by atomic mass is 35.5. The van der Waals surface area contributed by atoms with E-state index in [0.717, 1.165) is 34.3 Å². The van der Waals surface area contributed by atoms with E-state index in [1.165, 1.54) is 0 Å². The van der Waals surface area contributed by atoms with Gasteiger partial charge in [0.25, 0.3) is 0 Å². The number of fused-ring (bicyclic) bond motifs is 1. The molecule has 0 fully saturated rings. The van der Waals surface area contributed by atoms with E-state index in [4.69, 9.17) is 25.5 Å². The fraction of sp³-hybridized carbons (Fsp3) is 0.348. The van der Waals surface area contributed by atoms with Gasteiger partial charge >= 0.3 is 5.97 Å². The molecule has 0 saturated carbocycles. The average Bonchev–Trinajstić information content (AvgIpc) is 3.08. The number of halogens is 1. The Morgan fingerprint density at radius 1 is 1.21 bits per heavy atom. The largest absolute Gasteiger partial charge is 0.488 e. The summed E-state index contributed by atoms with van der Waals surface area (Å²) in [6.07, 6.45) is 1.86. The second-order valence-corrected chi connectivity index (χ2v) is 7.68. The molecule has 3 aromatic rings. The standard InChI is InChI=1S/C23H26ClNO4/c1-4-27-22(26)9-16-7-5-6-8-21(16)28-13-17-14-29-23-19(17)10-18(24)11-20(23)25-12-15(2)3/h5-8,10-11,14-15,25H,4,9,12-13H2,1-3H3. The summed E-state index contributed by atoms with van der Waals surface area (Å²) in [6, 6.07) is 11.2. The molecule has 1 heterocycles. The molecule has 2 aromatic carbocycles. The van der Waals surface area contributed by atoms with Crippen LogP contribution < -0.4 is 10.1 Å². The molecule has 29 heavy (non-hydrogen) atoms. The molecule has 0 aliphatic carbocycles. The minimum absolute atomic E-state index is 0.172. The van der Waals surface area contributed by atoms with Crippen molar-refractivity contribution in [3.05, 3.63) is 58.8 Å². The van der Waals surface area contributed by atoms with E-state index in [1.807, 2.05) is 36.4 Å². The van der Waals surface area contributed by atoms with Crippen LogP contribution in [0.3, 0.4) is 0 Å². The van der Waals surface area contributed by atoms with Gasteiger partial charge < -0.3 is 19.2 Å². The van der Waals surface area contributed by atoms with Gasteiger partial charge in [0.05, 0.1) is 25.0 Å². The van der Waals surface area contributed by atoms with Crippen molar-refractivity contribution in [2.45, 2.75) is 33.8 Å². The number of para-hydroxylation sites is 1. The van der Waals surface area contributed by atoms with Crippen molar-refractivity contribution in [1.29, 1.82) is 0 Å². The van der Waals surface area contributed by atoms with E-state index < -0.39 is 0 Å². The first-order chi connectivity index (χ1) is 14.0. The summed E-state index contributed by atoms with van der Waals surface area (Å²) in [7, 11) is 0. The summed E-state index contributed by atoms with van der Waals surface area (Å²) in [6.45, 7) is 7.56. The van der Waals surface area contributed by atoms with E-state index in [-0.39, 0.29) is 12.4 Å². The SMILES string of the molecule is CCOC(=O)Cc1ccccc1OCc1coc2c(NCC(C)C)cc(Cl)cc12. The van der Waals surface area contributed by atoms with Crippen LogP contribution in [0.1, 0.15) is 31.9 Å². The van der Waals surface area contributed by atoms with Gasteiger partial charge in [-0.2, -0.15) is 0 Å². The van der Waals surface area contributed by atoms with Crippen LogP contribution in [0.2, 0.25) is 5.02 Å². The maximum atomic E-state index is 11.8. The van der Waals surface area contributed by atoms with Crippen LogP contribution in [0.15, 0.2) is 47.1 Å². The summed E-state index contributed by atoms with van der Waals surface area (Å²) < 4.78 is 16.9. The van der Waals surface area contributed by atoms with E-state index in [0.29, 0.717) is 29.9 Å². The fourth-order valence-corrected chi connectivity index (χ4v) is 3.24. The number of hydrogen-bond acceptors (Lipinski definition) is 5. The third kappa shape index (κ3) is 5.45. The average molecular weight is 416 g/mol. The Morgan fingerprint density at radius 3 is 2.76 bits per heavy atom. The smallest absolute Gasteiger partial charge is 0.310 e. The first kappa shape index (κ1) is 21.1. The number of carbonyl (C=O) groups excluding carboxylic acids is 1. The van der Waals surface area contributed by atoms with Crippen molar-refractivity contribution in [1.82, 2.24) is 0 Å². The zero-order chi connectivity index (χ0) is 20.8. The predicted molar refractivity (Wildman–Crippen MR) is 116 cm³/mol. The summed E-state index contributed by atoms with van der Waals surface area (Å²) in [5.74, 6) is 0.873. The number of ether oxygens (including phenoxy) is 2. The number of furan rings is 1. The fourth-order valence-electron chi connectivity index (χ4n) is 3.02. The Hall–Kier alpha value is -2.66. The van der Waals surface area contributed by atoms with Crippen LogP contribution in [0, 0.1) is 5.92 Å². The minimum Gasteiger partial charge on any atom is -0.488 e. The molecular formula is C23H26ClNO4. The Morgan fingerprint density at radius 2 is 2.00 bits per heavy atom. The minimum atomic E-state index is -0.273. The molecule has 6 heteroatoms. The molecule has 0 aliphatic heterocycles. The van der Waals surface area contributed by atoms with Crippen molar-refractivity contribution in [3.8, 4) is 5.75 Å². The van der Waals surface area contributed by atoms with Gasteiger partial charge in [0.1, 0.15) is 12.4 Å². The molecule has 3 rings (SSSR count). The van der Waals surface area contributed by atoms with Crippen LogP contribution in [0.4, 0.5) is 5.69 Å². The van der Waals surface area contributed by atoms with Gasteiger partial charge in [0.15, 0.2) is 5.58 Å². The summed E-state index contributed by atoms with van der Waals surface area (Å²) in [4.78, 5) is 11.8. The molecule has 0 unspecified atom stereocenters. The maximum absolute atomic E-state index is 11.8. The molecule has 0 amide bonds. The zero-order valence-electron chi connectivity index (χ0n) is 17.0. The van der Waals surface area contributed by atoms with Crippen molar-refractivity contribution in [2.24, 2.45) is 5.92 Å². The second-order valence-electron chi connectivity index (χ2n) is 7.24. The van der Waals surface area contributed by atoms with E-state index in [1.54, 1.807) is 13.2 Å². The van der Waals surface area contributed by atoms with Crippen LogP contribution in [0.25, 0.3) is 11.0 Å². The number of nitrogens with one attached hydrogen (secondary N) is 1. The summed E-state index contributed by atoms with van der Waals surface area (Å²) in [5.41, 5.74) is 3.31. The van der Waals surface area contributed by atoms with Gasteiger partial charge in [0.2, 0.25) is 0 Å². The Labute approximate surface area is 175 Å². The Balaban J connectivity index is 1.79. The van der Waals surface area contributed by atoms with Crippen LogP contribution in [-0.2, 0) is 22.6 Å². The molecule has 1 aromatic heterocycles. The number of esters is 1. The molecule has 0 saturated heterocycles. The lowest BCUT2D eigenvalue weighted by Gasteiger charge is -2.11. The van der Waals surface area contributed by atoms with Crippen molar-refractivity contribution in [3.63, 3.8) is 0 Å².